The van der Waals surface area contributed by atoms with Crippen LogP contribution >= 0.6 is 0 Å². The van der Waals surface area contributed by atoms with Crippen molar-refractivity contribution in [1.29, 1.82) is 0 Å². The molecule has 2 heterocycles. The molecule has 3 aromatic rings. The topological polar surface area (TPSA) is 94.1 Å². The fraction of sp³-hybridized carbons (Fsp3) is 0.400. The van der Waals surface area contributed by atoms with Gasteiger partial charge in [-0.05, 0) is 25.7 Å². The molecule has 1 aromatic carbocycles. The van der Waals surface area contributed by atoms with Gasteiger partial charge in [-0.2, -0.15) is 0 Å². The molecule has 1 amide bonds. The lowest BCUT2D eigenvalue weighted by Crippen LogP contribution is -2.43. The molecule has 0 unspecified atom stereocenters. The first-order chi connectivity index (χ1) is 13.3. The normalized spacial score (nSPS) is 22.1. The van der Waals surface area contributed by atoms with Gasteiger partial charge in [-0.3, -0.25) is 4.79 Å². The smallest absolute Gasteiger partial charge is 0.290 e. The number of nitrogens with zero attached hydrogens (tertiary/aromatic N) is 3. The van der Waals surface area contributed by atoms with Crippen molar-refractivity contribution in [1.82, 2.24) is 20.7 Å². The van der Waals surface area contributed by atoms with Crippen LogP contribution in [-0.2, 0) is 0 Å². The summed E-state index contributed by atoms with van der Waals surface area (Å²) in [7, 11) is 0. The van der Waals surface area contributed by atoms with E-state index in [0.717, 1.165) is 37.1 Å². The molecule has 2 aliphatic rings. The summed E-state index contributed by atoms with van der Waals surface area (Å²) in [5.41, 5.74) is 1.57. The van der Waals surface area contributed by atoms with E-state index >= 15 is 0 Å². The standard InChI is InChI=1S/C20H20N4O3/c25-18(17-11-16(24-27-17)12-5-2-1-3-6-12)21-15-9-14(10-15)20-23-22-19(26-20)13-7-4-8-13/h1-3,5-6,11,13-15H,4,7-10H2,(H,21,25). The van der Waals surface area contributed by atoms with Gasteiger partial charge in [0.05, 0.1) is 0 Å². The van der Waals surface area contributed by atoms with Gasteiger partial charge in [0.15, 0.2) is 0 Å². The number of nitrogens with one attached hydrogen (secondary N) is 1. The van der Waals surface area contributed by atoms with E-state index in [-0.39, 0.29) is 23.6 Å². The third-order valence-electron chi connectivity index (χ3n) is 5.54. The molecule has 27 heavy (non-hydrogen) atoms. The molecule has 0 saturated heterocycles. The lowest BCUT2D eigenvalue weighted by Gasteiger charge is -2.33. The monoisotopic (exact) mass is 364 g/mol. The third-order valence-corrected chi connectivity index (χ3v) is 5.54. The Bertz CT molecular complexity index is 939. The van der Waals surface area contributed by atoms with Crippen LogP contribution in [0.2, 0.25) is 0 Å². The quantitative estimate of drug-likeness (QED) is 0.742. The molecule has 138 valence electrons. The lowest BCUT2D eigenvalue weighted by atomic mass is 9.80. The molecule has 7 nitrogen and oxygen atoms in total. The minimum absolute atomic E-state index is 0.0897. The first-order valence-electron chi connectivity index (χ1n) is 9.42. The molecule has 2 fully saturated rings. The van der Waals surface area contributed by atoms with E-state index < -0.39 is 0 Å². The first kappa shape index (κ1) is 16.2. The second kappa shape index (κ2) is 6.64. The van der Waals surface area contributed by atoms with E-state index in [4.69, 9.17) is 8.94 Å². The zero-order valence-corrected chi connectivity index (χ0v) is 14.8. The van der Waals surface area contributed by atoms with E-state index in [2.05, 4.69) is 20.7 Å². The Kier molecular flexibility index (Phi) is 3.99. The molecule has 0 radical (unpaired) electrons. The van der Waals surface area contributed by atoms with Crippen LogP contribution in [-0.4, -0.2) is 27.3 Å². The van der Waals surface area contributed by atoms with E-state index in [1.807, 2.05) is 30.3 Å². The van der Waals surface area contributed by atoms with Gasteiger partial charge in [0, 0.05) is 29.5 Å². The highest BCUT2D eigenvalue weighted by Crippen LogP contribution is 2.40. The van der Waals surface area contributed by atoms with Crippen LogP contribution in [0.15, 0.2) is 45.3 Å². The van der Waals surface area contributed by atoms with E-state index in [1.54, 1.807) is 6.07 Å². The van der Waals surface area contributed by atoms with Crippen molar-refractivity contribution >= 4 is 5.91 Å². The fourth-order valence-corrected chi connectivity index (χ4v) is 3.55. The number of amides is 1. The molecule has 1 N–H and O–H groups in total. The lowest BCUT2D eigenvalue weighted by molar-refractivity contribution is 0.0865. The number of carbonyl (C=O) groups excluding carboxylic acids is 1. The summed E-state index contributed by atoms with van der Waals surface area (Å²) in [4.78, 5) is 12.4. The average molecular weight is 364 g/mol. The Morgan fingerprint density at radius 2 is 1.78 bits per heavy atom. The van der Waals surface area contributed by atoms with Gasteiger partial charge < -0.3 is 14.3 Å². The Hall–Kier alpha value is -2.96. The van der Waals surface area contributed by atoms with Crippen LogP contribution in [0, 0.1) is 0 Å². The Morgan fingerprint density at radius 1 is 1.04 bits per heavy atom. The van der Waals surface area contributed by atoms with Crippen molar-refractivity contribution in [2.24, 2.45) is 0 Å². The first-order valence-corrected chi connectivity index (χ1v) is 9.42. The Balaban J connectivity index is 1.16. The van der Waals surface area contributed by atoms with E-state index in [9.17, 15) is 4.79 Å². The summed E-state index contributed by atoms with van der Waals surface area (Å²) in [6, 6.07) is 11.4. The molecule has 0 bridgehead atoms. The maximum Gasteiger partial charge on any atom is 0.290 e. The number of hydrogen-bond donors (Lipinski definition) is 1. The predicted molar refractivity (Wildman–Crippen MR) is 96.1 cm³/mol. The molecular weight excluding hydrogens is 344 g/mol. The molecule has 7 heteroatoms. The van der Waals surface area contributed by atoms with Crippen molar-refractivity contribution in [3.63, 3.8) is 0 Å². The highest BCUT2D eigenvalue weighted by molar-refractivity contribution is 5.92. The average Bonchev–Trinajstić information content (AvgIpc) is 3.27. The minimum Gasteiger partial charge on any atom is -0.425 e. The minimum atomic E-state index is -0.242. The summed E-state index contributed by atoms with van der Waals surface area (Å²) < 4.78 is 11.0. The van der Waals surface area contributed by atoms with Crippen LogP contribution in [0.1, 0.15) is 66.3 Å². The van der Waals surface area contributed by atoms with Gasteiger partial charge in [-0.15, -0.1) is 10.2 Å². The van der Waals surface area contributed by atoms with Gasteiger partial charge in [-0.25, -0.2) is 0 Å². The second-order valence-corrected chi connectivity index (χ2v) is 7.39. The predicted octanol–water partition coefficient (Wildman–Crippen LogP) is 3.67. The third kappa shape index (κ3) is 3.13. The van der Waals surface area contributed by atoms with Crippen molar-refractivity contribution < 1.29 is 13.7 Å². The summed E-state index contributed by atoms with van der Waals surface area (Å²) in [6.45, 7) is 0. The summed E-state index contributed by atoms with van der Waals surface area (Å²) >= 11 is 0. The molecule has 2 aromatic heterocycles. The number of aromatic nitrogens is 3. The molecule has 2 saturated carbocycles. The zero-order valence-electron chi connectivity index (χ0n) is 14.8. The number of rotatable bonds is 5. The zero-order chi connectivity index (χ0) is 18.2. The van der Waals surface area contributed by atoms with Crippen LogP contribution in [0.4, 0.5) is 0 Å². The highest BCUT2D eigenvalue weighted by atomic mass is 16.5. The summed E-state index contributed by atoms with van der Waals surface area (Å²) in [5.74, 6) is 2.14. The molecule has 0 atom stereocenters. The fourth-order valence-electron chi connectivity index (χ4n) is 3.55. The molecular formula is C20H20N4O3. The van der Waals surface area contributed by atoms with Crippen LogP contribution in [0.5, 0.6) is 0 Å². The van der Waals surface area contributed by atoms with Gasteiger partial charge in [-0.1, -0.05) is 41.9 Å². The number of hydrogen-bond acceptors (Lipinski definition) is 6. The van der Waals surface area contributed by atoms with Gasteiger partial charge in [0.2, 0.25) is 17.5 Å². The summed E-state index contributed by atoms with van der Waals surface area (Å²) in [6.07, 6.45) is 5.14. The maximum atomic E-state index is 12.4. The number of carbonyl (C=O) groups is 1. The molecule has 0 aliphatic heterocycles. The van der Waals surface area contributed by atoms with Gasteiger partial charge >= 0.3 is 0 Å². The Morgan fingerprint density at radius 3 is 2.48 bits per heavy atom. The molecule has 0 spiro atoms. The SMILES string of the molecule is O=C(NC1CC(c2nnc(C3CCC3)o2)C1)c1cc(-c2ccccc2)no1. The highest BCUT2D eigenvalue weighted by Gasteiger charge is 2.36. The molecule has 2 aliphatic carbocycles. The molecule has 5 rings (SSSR count). The van der Waals surface area contributed by atoms with Crippen molar-refractivity contribution in [3.05, 3.63) is 53.9 Å². The van der Waals surface area contributed by atoms with Crippen LogP contribution < -0.4 is 5.32 Å². The van der Waals surface area contributed by atoms with Crippen molar-refractivity contribution in [3.8, 4) is 11.3 Å². The summed E-state index contributed by atoms with van der Waals surface area (Å²) in [5, 5.41) is 15.3. The van der Waals surface area contributed by atoms with Gasteiger partial charge in [0.25, 0.3) is 5.91 Å². The van der Waals surface area contributed by atoms with Gasteiger partial charge in [0.1, 0.15) is 5.69 Å². The largest absolute Gasteiger partial charge is 0.425 e. The second-order valence-electron chi connectivity index (χ2n) is 7.39. The van der Waals surface area contributed by atoms with Crippen LogP contribution in [0.25, 0.3) is 11.3 Å². The Labute approximate surface area is 156 Å². The van der Waals surface area contributed by atoms with E-state index in [1.165, 1.54) is 6.42 Å². The number of benzene rings is 1. The van der Waals surface area contributed by atoms with E-state index in [0.29, 0.717) is 17.5 Å². The van der Waals surface area contributed by atoms with Crippen molar-refractivity contribution in [2.75, 3.05) is 0 Å². The van der Waals surface area contributed by atoms with Crippen LogP contribution in [0.3, 0.4) is 0 Å². The maximum absolute atomic E-state index is 12.4. The van der Waals surface area contributed by atoms with Crippen molar-refractivity contribution in [2.45, 2.75) is 50.0 Å².